The smallest absolute Gasteiger partial charge is 0.409 e. The summed E-state index contributed by atoms with van der Waals surface area (Å²) in [5, 5.41) is 4.06. The normalized spacial score (nSPS) is 28.0. The van der Waals surface area contributed by atoms with Gasteiger partial charge in [-0.15, -0.1) is 0 Å². The van der Waals surface area contributed by atoms with Gasteiger partial charge in [-0.2, -0.15) is 5.10 Å². The maximum Gasteiger partial charge on any atom is 0.409 e. The van der Waals surface area contributed by atoms with E-state index in [1.807, 2.05) is 6.92 Å². The Bertz CT molecular complexity index is 367. The first-order chi connectivity index (χ1) is 8.13. The number of rotatable bonds is 1. The Morgan fingerprint density at radius 1 is 1.65 bits per heavy atom. The van der Waals surface area contributed by atoms with Crippen LogP contribution in [0.3, 0.4) is 0 Å². The summed E-state index contributed by atoms with van der Waals surface area (Å²) in [4.78, 5) is 24.8. The van der Waals surface area contributed by atoms with Gasteiger partial charge in [0.25, 0.3) is 0 Å². The van der Waals surface area contributed by atoms with Crippen molar-refractivity contribution in [3.63, 3.8) is 0 Å². The molecule has 0 radical (unpaired) electrons. The maximum atomic E-state index is 11.6. The molecule has 1 N–H and O–H groups in total. The molecule has 0 bridgehead atoms. The molecule has 2 amide bonds. The van der Waals surface area contributed by atoms with E-state index in [-0.39, 0.29) is 23.8 Å². The number of carbonyl (C=O) groups excluding carboxylic acids is 2. The van der Waals surface area contributed by atoms with Crippen LogP contribution in [0.1, 0.15) is 20.3 Å². The average molecular weight is 239 g/mol. The van der Waals surface area contributed by atoms with Crippen molar-refractivity contribution in [1.29, 1.82) is 0 Å². The lowest BCUT2D eigenvalue weighted by Crippen LogP contribution is -2.51. The van der Waals surface area contributed by atoms with E-state index in [1.165, 1.54) is 0 Å². The number of hydrogen-bond donors (Lipinski definition) is 1. The number of likely N-dealkylation sites (tertiary alicyclic amines) is 1. The van der Waals surface area contributed by atoms with Crippen LogP contribution in [-0.4, -0.2) is 42.3 Å². The Kier molecular flexibility index (Phi) is 3.31. The predicted molar refractivity (Wildman–Crippen MR) is 61.4 cm³/mol. The second-order valence-electron chi connectivity index (χ2n) is 4.37. The molecule has 0 aliphatic carbocycles. The Morgan fingerprint density at radius 3 is 3.12 bits per heavy atom. The average Bonchev–Trinajstić information content (AvgIpc) is 2.34. The second-order valence-corrected chi connectivity index (χ2v) is 4.37. The Labute approximate surface area is 100.0 Å². The van der Waals surface area contributed by atoms with Gasteiger partial charge in [-0.25, -0.2) is 10.2 Å². The quantitative estimate of drug-likeness (QED) is 0.727. The van der Waals surface area contributed by atoms with Gasteiger partial charge in [0.15, 0.2) is 0 Å². The summed E-state index contributed by atoms with van der Waals surface area (Å²) in [5.74, 6) is -0.189. The molecule has 1 fully saturated rings. The Hall–Kier alpha value is -1.59. The van der Waals surface area contributed by atoms with Crippen molar-refractivity contribution in [2.75, 3.05) is 19.7 Å². The Balaban J connectivity index is 2.07. The molecule has 2 aliphatic rings. The molecular formula is C11H17N3O3. The monoisotopic (exact) mass is 239 g/mol. The number of ether oxygens (including phenoxy) is 1. The van der Waals surface area contributed by atoms with Gasteiger partial charge in [0.2, 0.25) is 5.91 Å². The first-order valence-corrected chi connectivity index (χ1v) is 5.91. The van der Waals surface area contributed by atoms with Gasteiger partial charge < -0.3 is 9.64 Å². The lowest BCUT2D eigenvalue weighted by molar-refractivity contribution is -0.126. The molecular weight excluding hydrogens is 222 g/mol. The highest BCUT2D eigenvalue weighted by Gasteiger charge is 2.37. The summed E-state index contributed by atoms with van der Waals surface area (Å²) >= 11 is 0. The molecule has 0 spiro atoms. The third-order valence-corrected chi connectivity index (χ3v) is 3.34. The van der Waals surface area contributed by atoms with Crippen molar-refractivity contribution in [2.24, 2.45) is 16.9 Å². The fourth-order valence-electron chi connectivity index (χ4n) is 2.25. The lowest BCUT2D eigenvalue weighted by Gasteiger charge is -2.37. The van der Waals surface area contributed by atoms with Gasteiger partial charge >= 0.3 is 6.09 Å². The number of fused-ring (bicyclic) bond motifs is 1. The number of nitrogens with one attached hydrogen (secondary N) is 1. The summed E-state index contributed by atoms with van der Waals surface area (Å²) < 4.78 is 4.97. The fourth-order valence-corrected chi connectivity index (χ4v) is 2.25. The molecule has 2 aliphatic heterocycles. The molecule has 0 aromatic carbocycles. The molecule has 2 unspecified atom stereocenters. The molecule has 2 atom stereocenters. The van der Waals surface area contributed by atoms with Crippen LogP contribution in [0.4, 0.5) is 4.79 Å². The van der Waals surface area contributed by atoms with Gasteiger partial charge in [0, 0.05) is 37.1 Å². The number of nitrogens with zero attached hydrogens (tertiary/aromatic N) is 2. The van der Waals surface area contributed by atoms with Gasteiger partial charge in [0.05, 0.1) is 6.61 Å². The number of hydrogen-bond acceptors (Lipinski definition) is 4. The van der Waals surface area contributed by atoms with Crippen molar-refractivity contribution in [3.8, 4) is 0 Å². The largest absolute Gasteiger partial charge is 0.450 e. The molecule has 17 heavy (non-hydrogen) atoms. The van der Waals surface area contributed by atoms with Crippen molar-refractivity contribution < 1.29 is 14.3 Å². The van der Waals surface area contributed by atoms with E-state index in [9.17, 15) is 9.59 Å². The molecule has 94 valence electrons. The first kappa shape index (κ1) is 11.9. The van der Waals surface area contributed by atoms with Gasteiger partial charge in [-0.1, -0.05) is 6.92 Å². The predicted octanol–water partition coefficient (Wildman–Crippen LogP) is 0.587. The molecule has 6 heteroatoms. The molecule has 0 saturated carbocycles. The summed E-state index contributed by atoms with van der Waals surface area (Å²) in [6.45, 7) is 5.15. The van der Waals surface area contributed by atoms with Crippen LogP contribution in [0, 0.1) is 11.8 Å². The molecule has 6 nitrogen and oxygen atoms in total. The number of carbonyl (C=O) groups is 2. The van der Waals surface area contributed by atoms with Crippen LogP contribution in [0.5, 0.6) is 0 Å². The second kappa shape index (κ2) is 4.73. The van der Waals surface area contributed by atoms with E-state index >= 15 is 0 Å². The highest BCUT2D eigenvalue weighted by atomic mass is 16.6. The minimum Gasteiger partial charge on any atom is -0.450 e. The highest BCUT2D eigenvalue weighted by Crippen LogP contribution is 2.25. The Morgan fingerprint density at radius 2 is 2.41 bits per heavy atom. The molecule has 0 aromatic heterocycles. The van der Waals surface area contributed by atoms with Crippen LogP contribution in [0.15, 0.2) is 5.10 Å². The van der Waals surface area contributed by atoms with E-state index < -0.39 is 0 Å². The zero-order valence-corrected chi connectivity index (χ0v) is 10.1. The third kappa shape index (κ3) is 2.25. The van der Waals surface area contributed by atoms with E-state index in [0.29, 0.717) is 26.1 Å². The van der Waals surface area contributed by atoms with Crippen LogP contribution < -0.4 is 5.43 Å². The summed E-state index contributed by atoms with van der Waals surface area (Å²) in [6, 6.07) is 0. The zero-order chi connectivity index (χ0) is 12.4. The van der Waals surface area contributed by atoms with Gasteiger partial charge in [-0.05, 0) is 6.92 Å². The van der Waals surface area contributed by atoms with E-state index in [4.69, 9.17) is 4.74 Å². The van der Waals surface area contributed by atoms with Crippen molar-refractivity contribution in [3.05, 3.63) is 0 Å². The van der Waals surface area contributed by atoms with Crippen molar-refractivity contribution >= 4 is 17.7 Å². The first-order valence-electron chi connectivity index (χ1n) is 5.91. The van der Waals surface area contributed by atoms with Crippen molar-refractivity contribution in [2.45, 2.75) is 20.3 Å². The van der Waals surface area contributed by atoms with Crippen molar-refractivity contribution in [1.82, 2.24) is 10.3 Å². The topological polar surface area (TPSA) is 71.0 Å². The van der Waals surface area contributed by atoms with Gasteiger partial charge in [-0.3, -0.25) is 4.79 Å². The molecule has 1 saturated heterocycles. The maximum absolute atomic E-state index is 11.6. The van der Waals surface area contributed by atoms with Gasteiger partial charge in [0.1, 0.15) is 0 Å². The van der Waals surface area contributed by atoms with Crippen LogP contribution in [-0.2, 0) is 9.53 Å². The minimum absolute atomic E-state index is 0.0295. The molecule has 2 heterocycles. The van der Waals surface area contributed by atoms with E-state index in [1.54, 1.807) is 11.8 Å². The fraction of sp³-hybridized carbons (Fsp3) is 0.727. The summed E-state index contributed by atoms with van der Waals surface area (Å²) in [5.41, 5.74) is 3.50. The minimum atomic E-state index is -0.301. The van der Waals surface area contributed by atoms with E-state index in [0.717, 1.165) is 5.71 Å². The number of amides is 2. The zero-order valence-electron chi connectivity index (χ0n) is 10.1. The number of piperidine rings is 1. The SMILES string of the molecule is CCOC(=O)N1CCC2=NNC(=O)C(C)C2C1. The summed E-state index contributed by atoms with van der Waals surface area (Å²) in [7, 11) is 0. The summed E-state index contributed by atoms with van der Waals surface area (Å²) in [6.07, 6.45) is 0.401. The lowest BCUT2D eigenvalue weighted by atomic mass is 9.83. The van der Waals surface area contributed by atoms with Crippen LogP contribution in [0.25, 0.3) is 0 Å². The third-order valence-electron chi connectivity index (χ3n) is 3.34. The number of hydrazone groups is 1. The molecule has 0 aromatic rings. The van der Waals surface area contributed by atoms with Crippen LogP contribution >= 0.6 is 0 Å². The molecule has 2 rings (SSSR count). The standard InChI is InChI=1S/C11H17N3O3/c1-3-17-11(16)14-5-4-9-8(6-14)7(2)10(15)13-12-9/h7-8H,3-6H2,1-2H3,(H,13,15). The highest BCUT2D eigenvalue weighted by molar-refractivity contribution is 5.97. The van der Waals surface area contributed by atoms with E-state index in [2.05, 4.69) is 10.5 Å². The van der Waals surface area contributed by atoms with Crippen LogP contribution in [0.2, 0.25) is 0 Å².